The number of nitrogens with two attached hydrogens (primary N) is 1. The minimum Gasteiger partial charge on any atom is -0.397 e. The number of pyridine rings is 1. The minimum atomic E-state index is 0.534. The van der Waals surface area contributed by atoms with Crippen LogP contribution >= 0.6 is 15.9 Å². The zero-order chi connectivity index (χ0) is 9.97. The van der Waals surface area contributed by atoms with Gasteiger partial charge < -0.3 is 5.73 Å². The Kier molecular flexibility index (Phi) is 2.41. The molecule has 2 rings (SSSR count). The molecule has 0 atom stereocenters. The van der Waals surface area contributed by atoms with Gasteiger partial charge in [0.05, 0.1) is 10.2 Å². The first-order chi connectivity index (χ1) is 6.77. The Labute approximate surface area is 89.4 Å². The van der Waals surface area contributed by atoms with Crippen molar-refractivity contribution in [1.29, 1.82) is 0 Å². The molecule has 2 N–H and O–H groups in total. The highest BCUT2D eigenvalue weighted by Crippen LogP contribution is 2.19. The molecule has 0 aromatic carbocycles. The van der Waals surface area contributed by atoms with E-state index in [0.29, 0.717) is 17.2 Å². The molecule has 4 nitrogen and oxygen atoms in total. The fourth-order valence-corrected chi connectivity index (χ4v) is 1.24. The van der Waals surface area contributed by atoms with Crippen molar-refractivity contribution in [2.45, 2.75) is 0 Å². The van der Waals surface area contributed by atoms with Crippen LogP contribution in [0.3, 0.4) is 0 Å². The van der Waals surface area contributed by atoms with E-state index in [4.69, 9.17) is 5.73 Å². The second-order valence-electron chi connectivity index (χ2n) is 2.67. The van der Waals surface area contributed by atoms with Crippen LogP contribution in [0.25, 0.3) is 11.5 Å². The highest BCUT2D eigenvalue weighted by molar-refractivity contribution is 9.10. The van der Waals surface area contributed by atoms with E-state index in [2.05, 4.69) is 30.9 Å². The molecule has 0 radical (unpaired) electrons. The van der Waals surface area contributed by atoms with Gasteiger partial charge in [0.15, 0.2) is 5.82 Å². The van der Waals surface area contributed by atoms with E-state index in [-0.39, 0.29) is 0 Å². The number of nitrogens with zero attached hydrogens (tertiary/aromatic N) is 3. The van der Waals surface area contributed by atoms with E-state index >= 15 is 0 Å². The highest BCUT2D eigenvalue weighted by atomic mass is 79.9. The average Bonchev–Trinajstić information content (AvgIpc) is 2.20. The van der Waals surface area contributed by atoms with Gasteiger partial charge in [-0.2, -0.15) is 0 Å². The maximum atomic E-state index is 5.74. The summed E-state index contributed by atoms with van der Waals surface area (Å²) in [6, 6.07) is 3.55. The quantitative estimate of drug-likeness (QED) is 0.840. The lowest BCUT2D eigenvalue weighted by atomic mass is 10.3. The fourth-order valence-electron chi connectivity index (χ4n) is 1.04. The SMILES string of the molecule is Nc1cccnc1-c1ncc(Br)cn1. The van der Waals surface area contributed by atoms with Gasteiger partial charge in [-0.15, -0.1) is 0 Å². The third-order valence-corrected chi connectivity index (χ3v) is 2.08. The molecule has 2 aromatic rings. The van der Waals surface area contributed by atoms with Crippen LogP contribution in [0.15, 0.2) is 35.2 Å². The van der Waals surface area contributed by atoms with Gasteiger partial charge in [-0.3, -0.25) is 4.98 Å². The van der Waals surface area contributed by atoms with Crippen molar-refractivity contribution in [3.8, 4) is 11.5 Å². The van der Waals surface area contributed by atoms with Gasteiger partial charge in [-0.1, -0.05) is 0 Å². The number of halogens is 1. The van der Waals surface area contributed by atoms with E-state index < -0.39 is 0 Å². The van der Waals surface area contributed by atoms with Gasteiger partial charge in [-0.25, -0.2) is 9.97 Å². The summed E-state index contributed by atoms with van der Waals surface area (Å²) in [5, 5.41) is 0. The van der Waals surface area contributed by atoms with Crippen molar-refractivity contribution in [2.24, 2.45) is 0 Å². The van der Waals surface area contributed by atoms with E-state index in [1.165, 1.54) is 0 Å². The molecular weight excluding hydrogens is 244 g/mol. The summed E-state index contributed by atoms with van der Waals surface area (Å²) in [6.07, 6.45) is 4.99. The van der Waals surface area contributed by atoms with E-state index in [1.54, 1.807) is 30.7 Å². The topological polar surface area (TPSA) is 64.7 Å². The lowest BCUT2D eigenvalue weighted by Gasteiger charge is -2.01. The molecule has 0 amide bonds. The van der Waals surface area contributed by atoms with Crippen LogP contribution in [-0.2, 0) is 0 Å². The fraction of sp³-hybridized carbons (Fsp3) is 0. The number of nitrogen functional groups attached to an aromatic ring is 1. The normalized spacial score (nSPS) is 10.1. The number of anilines is 1. The zero-order valence-electron chi connectivity index (χ0n) is 7.18. The largest absolute Gasteiger partial charge is 0.397 e. The first-order valence-corrected chi connectivity index (χ1v) is 4.75. The molecule has 0 aliphatic heterocycles. The molecule has 0 saturated heterocycles. The summed E-state index contributed by atoms with van der Waals surface area (Å²) in [5.41, 5.74) is 6.93. The molecule has 0 unspecified atom stereocenters. The van der Waals surface area contributed by atoms with Crippen LogP contribution in [-0.4, -0.2) is 15.0 Å². The lowest BCUT2D eigenvalue weighted by molar-refractivity contribution is 1.13. The first kappa shape index (κ1) is 9.08. The summed E-state index contributed by atoms with van der Waals surface area (Å²) in [6.45, 7) is 0. The van der Waals surface area contributed by atoms with Crippen LogP contribution in [0.5, 0.6) is 0 Å². The van der Waals surface area contributed by atoms with Crippen LogP contribution in [0.4, 0.5) is 5.69 Å². The zero-order valence-corrected chi connectivity index (χ0v) is 8.77. The Morgan fingerprint density at radius 1 is 1.14 bits per heavy atom. The van der Waals surface area contributed by atoms with Gasteiger partial charge in [-0.05, 0) is 28.1 Å². The second-order valence-corrected chi connectivity index (χ2v) is 3.58. The van der Waals surface area contributed by atoms with Crippen molar-refractivity contribution < 1.29 is 0 Å². The monoisotopic (exact) mass is 250 g/mol. The Bertz CT molecular complexity index is 441. The minimum absolute atomic E-state index is 0.534. The van der Waals surface area contributed by atoms with E-state index in [1.807, 2.05) is 0 Å². The third-order valence-electron chi connectivity index (χ3n) is 1.67. The van der Waals surface area contributed by atoms with Gasteiger partial charge in [0.25, 0.3) is 0 Å². The van der Waals surface area contributed by atoms with Gasteiger partial charge >= 0.3 is 0 Å². The molecule has 0 bridgehead atoms. The maximum absolute atomic E-state index is 5.74. The molecular formula is C9H7BrN4. The smallest absolute Gasteiger partial charge is 0.180 e. The molecule has 0 spiro atoms. The average molecular weight is 251 g/mol. The van der Waals surface area contributed by atoms with Crippen LogP contribution in [0.1, 0.15) is 0 Å². The number of hydrogen-bond acceptors (Lipinski definition) is 4. The van der Waals surface area contributed by atoms with Gasteiger partial charge in [0.2, 0.25) is 0 Å². The highest BCUT2D eigenvalue weighted by Gasteiger charge is 2.05. The second kappa shape index (κ2) is 3.71. The van der Waals surface area contributed by atoms with Crippen molar-refractivity contribution >= 4 is 21.6 Å². The Morgan fingerprint density at radius 3 is 2.50 bits per heavy atom. The third kappa shape index (κ3) is 1.72. The Hall–Kier alpha value is -1.49. The lowest BCUT2D eigenvalue weighted by Crippen LogP contribution is -1.96. The maximum Gasteiger partial charge on any atom is 0.180 e. The summed E-state index contributed by atoms with van der Waals surface area (Å²) in [7, 11) is 0. The van der Waals surface area contributed by atoms with E-state index in [0.717, 1.165) is 4.47 Å². The standard InChI is InChI=1S/C9H7BrN4/c10-6-4-13-9(14-5-6)8-7(11)2-1-3-12-8/h1-5H,11H2. The molecule has 2 heterocycles. The summed E-state index contributed by atoms with van der Waals surface area (Å²) < 4.78 is 0.829. The predicted octanol–water partition coefficient (Wildman–Crippen LogP) is 1.88. The molecule has 0 fully saturated rings. The van der Waals surface area contributed by atoms with E-state index in [9.17, 15) is 0 Å². The van der Waals surface area contributed by atoms with Crippen LogP contribution in [0, 0.1) is 0 Å². The van der Waals surface area contributed by atoms with Gasteiger partial charge in [0, 0.05) is 18.6 Å². The van der Waals surface area contributed by atoms with Crippen LogP contribution < -0.4 is 5.73 Å². The Balaban J connectivity index is 2.50. The molecule has 5 heteroatoms. The molecule has 14 heavy (non-hydrogen) atoms. The number of rotatable bonds is 1. The molecule has 2 aromatic heterocycles. The molecule has 0 aliphatic rings. The Morgan fingerprint density at radius 2 is 1.86 bits per heavy atom. The predicted molar refractivity (Wildman–Crippen MR) is 57.4 cm³/mol. The van der Waals surface area contributed by atoms with Crippen molar-refractivity contribution in [3.63, 3.8) is 0 Å². The van der Waals surface area contributed by atoms with Crippen molar-refractivity contribution in [2.75, 3.05) is 5.73 Å². The van der Waals surface area contributed by atoms with Crippen molar-refractivity contribution in [3.05, 3.63) is 35.2 Å². The molecule has 70 valence electrons. The summed E-state index contributed by atoms with van der Waals surface area (Å²) >= 11 is 3.26. The summed E-state index contributed by atoms with van der Waals surface area (Å²) in [4.78, 5) is 12.3. The number of aromatic nitrogens is 3. The molecule has 0 saturated carbocycles. The van der Waals surface area contributed by atoms with Crippen LogP contribution in [0.2, 0.25) is 0 Å². The first-order valence-electron chi connectivity index (χ1n) is 3.96. The van der Waals surface area contributed by atoms with Crippen molar-refractivity contribution in [1.82, 2.24) is 15.0 Å². The summed E-state index contributed by atoms with van der Waals surface area (Å²) in [5.74, 6) is 0.534. The molecule has 0 aliphatic carbocycles. The van der Waals surface area contributed by atoms with Gasteiger partial charge in [0.1, 0.15) is 5.69 Å². The number of hydrogen-bond donors (Lipinski definition) is 1.